The largest absolute Gasteiger partial charge is 0.399 e. The van der Waals surface area contributed by atoms with Crippen molar-refractivity contribution in [2.45, 2.75) is 25.2 Å². The molecule has 2 aromatic rings. The number of hydrogen-bond donors (Lipinski definition) is 2. The molecule has 0 bridgehead atoms. The highest BCUT2D eigenvalue weighted by Crippen LogP contribution is 2.28. The lowest BCUT2D eigenvalue weighted by Gasteiger charge is -2.14. The lowest BCUT2D eigenvalue weighted by molar-refractivity contribution is 0.600. The van der Waals surface area contributed by atoms with Gasteiger partial charge < -0.3 is 5.73 Å². The Kier molecular flexibility index (Phi) is 4.39. The molecule has 1 aromatic carbocycles. The average Bonchev–Trinajstić information content (AvgIpc) is 2.43. The highest BCUT2D eigenvalue weighted by atomic mass is 35.5. The monoisotopic (exact) mass is 325 g/mol. The van der Waals surface area contributed by atoms with Crippen LogP contribution in [0.1, 0.15) is 18.1 Å². The Morgan fingerprint density at radius 2 is 2.05 bits per heavy atom. The van der Waals surface area contributed by atoms with Crippen LogP contribution in [0.3, 0.4) is 0 Å². The molecule has 21 heavy (non-hydrogen) atoms. The second kappa shape index (κ2) is 5.91. The molecule has 3 N–H and O–H groups in total. The number of nitrogens with one attached hydrogen (secondary N) is 1. The summed E-state index contributed by atoms with van der Waals surface area (Å²) in [5, 5.41) is 0.112. The van der Waals surface area contributed by atoms with E-state index < -0.39 is 10.0 Å². The van der Waals surface area contributed by atoms with Crippen molar-refractivity contribution >= 4 is 33.0 Å². The van der Waals surface area contributed by atoms with Gasteiger partial charge in [0.25, 0.3) is 10.0 Å². The van der Waals surface area contributed by atoms with E-state index in [1.807, 2.05) is 6.92 Å². The molecule has 1 aromatic heterocycles. The van der Waals surface area contributed by atoms with Crippen LogP contribution in [-0.2, 0) is 16.4 Å². The van der Waals surface area contributed by atoms with E-state index in [0.717, 1.165) is 0 Å². The number of hydrogen-bond acceptors (Lipinski definition) is 4. The van der Waals surface area contributed by atoms with Gasteiger partial charge in [-0.05, 0) is 42.7 Å². The van der Waals surface area contributed by atoms with E-state index in [9.17, 15) is 8.42 Å². The minimum absolute atomic E-state index is 0.112. The Bertz CT molecular complexity index is 756. The first-order chi connectivity index (χ1) is 9.85. The van der Waals surface area contributed by atoms with Gasteiger partial charge in [-0.15, -0.1) is 0 Å². The molecule has 0 atom stereocenters. The maximum absolute atomic E-state index is 12.6. The number of pyridine rings is 1. The van der Waals surface area contributed by atoms with Gasteiger partial charge in [0.2, 0.25) is 0 Å². The third-order valence-corrected chi connectivity index (χ3v) is 4.83. The van der Waals surface area contributed by atoms with E-state index in [-0.39, 0.29) is 15.7 Å². The topological polar surface area (TPSA) is 85.1 Å². The number of aryl methyl sites for hydroxylation is 2. The zero-order valence-electron chi connectivity index (χ0n) is 11.7. The van der Waals surface area contributed by atoms with E-state index in [4.69, 9.17) is 17.3 Å². The molecule has 2 rings (SSSR count). The molecule has 1 heterocycles. The number of benzene rings is 1. The quantitative estimate of drug-likeness (QED) is 0.668. The fraction of sp³-hybridized carbons (Fsp3) is 0.214. The zero-order chi connectivity index (χ0) is 15.6. The van der Waals surface area contributed by atoms with Gasteiger partial charge in [0, 0.05) is 11.9 Å². The van der Waals surface area contributed by atoms with Crippen molar-refractivity contribution in [3.05, 3.63) is 46.7 Å². The van der Waals surface area contributed by atoms with Crippen molar-refractivity contribution in [3.8, 4) is 0 Å². The Hall–Kier alpha value is -1.79. The van der Waals surface area contributed by atoms with Crippen LogP contribution in [0, 0.1) is 6.92 Å². The Morgan fingerprint density at radius 3 is 2.67 bits per heavy atom. The third kappa shape index (κ3) is 3.28. The molecule has 0 aliphatic rings. The van der Waals surface area contributed by atoms with Crippen molar-refractivity contribution in [2.24, 2.45) is 0 Å². The van der Waals surface area contributed by atoms with Crippen LogP contribution in [-0.4, -0.2) is 13.4 Å². The lowest BCUT2D eigenvalue weighted by Crippen LogP contribution is -2.16. The van der Waals surface area contributed by atoms with Gasteiger partial charge in [0.15, 0.2) is 5.15 Å². The molecular weight excluding hydrogens is 310 g/mol. The first kappa shape index (κ1) is 15.6. The molecule has 0 radical (unpaired) electrons. The van der Waals surface area contributed by atoms with Crippen LogP contribution in [0.2, 0.25) is 5.15 Å². The summed E-state index contributed by atoms with van der Waals surface area (Å²) in [5.74, 6) is 0. The van der Waals surface area contributed by atoms with Crippen molar-refractivity contribution in [2.75, 3.05) is 10.5 Å². The van der Waals surface area contributed by atoms with Gasteiger partial charge >= 0.3 is 0 Å². The number of anilines is 2. The fourth-order valence-electron chi connectivity index (χ4n) is 1.95. The van der Waals surface area contributed by atoms with Crippen molar-refractivity contribution < 1.29 is 8.42 Å². The maximum atomic E-state index is 12.6. The van der Waals surface area contributed by atoms with E-state index in [1.54, 1.807) is 25.1 Å². The van der Waals surface area contributed by atoms with Crippen LogP contribution in [0.25, 0.3) is 0 Å². The first-order valence-electron chi connectivity index (χ1n) is 6.37. The molecule has 0 unspecified atom stereocenters. The smallest absolute Gasteiger partial charge is 0.262 e. The van der Waals surface area contributed by atoms with E-state index in [0.29, 0.717) is 23.2 Å². The third-order valence-electron chi connectivity index (χ3n) is 3.11. The summed E-state index contributed by atoms with van der Waals surface area (Å²) in [5.41, 5.74) is 7.76. The van der Waals surface area contributed by atoms with Crippen molar-refractivity contribution in [1.82, 2.24) is 4.98 Å². The molecule has 0 fully saturated rings. The SMILES string of the molecule is CCc1ccc(N)cc1S(=O)(=O)Nc1c(C)ccnc1Cl. The Balaban J connectivity index is 2.51. The maximum Gasteiger partial charge on any atom is 0.262 e. The number of nitrogens with zero attached hydrogens (tertiary/aromatic N) is 1. The van der Waals surface area contributed by atoms with Gasteiger partial charge in [-0.1, -0.05) is 24.6 Å². The number of nitrogens with two attached hydrogens (primary N) is 1. The first-order valence-corrected chi connectivity index (χ1v) is 8.23. The van der Waals surface area contributed by atoms with Gasteiger partial charge in [0.05, 0.1) is 10.6 Å². The molecule has 0 aliphatic carbocycles. The molecule has 0 saturated carbocycles. The van der Waals surface area contributed by atoms with Crippen LogP contribution >= 0.6 is 11.6 Å². The molecule has 5 nitrogen and oxygen atoms in total. The summed E-state index contributed by atoms with van der Waals surface area (Å²) in [4.78, 5) is 4.05. The molecule has 0 saturated heterocycles. The average molecular weight is 326 g/mol. The van der Waals surface area contributed by atoms with Gasteiger partial charge in [-0.25, -0.2) is 13.4 Å². The number of aromatic nitrogens is 1. The number of rotatable bonds is 4. The molecule has 0 amide bonds. The highest BCUT2D eigenvalue weighted by Gasteiger charge is 2.20. The second-order valence-corrected chi connectivity index (χ2v) is 6.63. The lowest BCUT2D eigenvalue weighted by atomic mass is 10.1. The molecule has 112 valence electrons. The highest BCUT2D eigenvalue weighted by molar-refractivity contribution is 7.92. The zero-order valence-corrected chi connectivity index (χ0v) is 13.3. The molecular formula is C14H16ClN3O2S. The second-order valence-electron chi connectivity index (χ2n) is 4.62. The summed E-state index contributed by atoms with van der Waals surface area (Å²) in [7, 11) is -3.78. The predicted molar refractivity (Wildman–Crippen MR) is 85.0 cm³/mol. The van der Waals surface area contributed by atoms with Gasteiger partial charge in [0.1, 0.15) is 0 Å². The Labute approximate surface area is 129 Å². The minimum Gasteiger partial charge on any atom is -0.399 e. The van der Waals surface area contributed by atoms with E-state index in [2.05, 4.69) is 9.71 Å². The number of halogens is 1. The number of sulfonamides is 1. The standard InChI is InChI=1S/C14H16ClN3O2S/c1-3-10-4-5-11(16)8-12(10)21(19,20)18-13-9(2)6-7-17-14(13)15/h4-8,18H,3,16H2,1-2H3. The minimum atomic E-state index is -3.78. The summed E-state index contributed by atoms with van der Waals surface area (Å²) in [6, 6.07) is 6.52. The summed E-state index contributed by atoms with van der Waals surface area (Å²) < 4.78 is 27.7. The summed E-state index contributed by atoms with van der Waals surface area (Å²) in [6.07, 6.45) is 2.10. The summed E-state index contributed by atoms with van der Waals surface area (Å²) >= 11 is 5.97. The number of nitrogen functional groups attached to an aromatic ring is 1. The van der Waals surface area contributed by atoms with Gasteiger partial charge in [-0.2, -0.15) is 0 Å². The van der Waals surface area contributed by atoms with Crippen molar-refractivity contribution in [1.29, 1.82) is 0 Å². The van der Waals surface area contributed by atoms with E-state index in [1.165, 1.54) is 12.3 Å². The van der Waals surface area contributed by atoms with Gasteiger partial charge in [-0.3, -0.25) is 4.72 Å². The van der Waals surface area contributed by atoms with Crippen LogP contribution in [0.15, 0.2) is 35.4 Å². The van der Waals surface area contributed by atoms with Crippen molar-refractivity contribution in [3.63, 3.8) is 0 Å². The Morgan fingerprint density at radius 1 is 1.33 bits per heavy atom. The molecule has 0 aliphatic heterocycles. The van der Waals surface area contributed by atoms with Crippen LogP contribution < -0.4 is 10.5 Å². The molecule has 0 spiro atoms. The van der Waals surface area contributed by atoms with Crippen LogP contribution in [0.4, 0.5) is 11.4 Å². The molecule has 7 heteroatoms. The predicted octanol–water partition coefficient (Wildman–Crippen LogP) is 2.99. The summed E-state index contributed by atoms with van der Waals surface area (Å²) in [6.45, 7) is 3.64. The van der Waals surface area contributed by atoms with Crippen LogP contribution in [0.5, 0.6) is 0 Å². The van der Waals surface area contributed by atoms with E-state index >= 15 is 0 Å². The fourth-order valence-corrected chi connectivity index (χ4v) is 3.74. The normalized spacial score (nSPS) is 11.4.